The normalized spacial score (nSPS) is 22.2. The van der Waals surface area contributed by atoms with Crippen LogP contribution in [0, 0.1) is 5.92 Å². The maximum atomic E-state index is 13.2. The van der Waals surface area contributed by atoms with E-state index in [1.807, 2.05) is 34.9 Å². The molecule has 8 heteroatoms. The van der Waals surface area contributed by atoms with Crippen molar-refractivity contribution in [3.63, 3.8) is 0 Å². The summed E-state index contributed by atoms with van der Waals surface area (Å²) in [7, 11) is -1.94. The number of aromatic nitrogens is 1. The van der Waals surface area contributed by atoms with Crippen LogP contribution in [0.15, 0.2) is 50.0 Å². The molecule has 3 heterocycles. The van der Waals surface area contributed by atoms with Crippen LogP contribution in [0.4, 0.5) is 0 Å². The number of rotatable bonds is 7. The molecular formula is C24H32N2O2S3Si. The van der Waals surface area contributed by atoms with Gasteiger partial charge in [0.1, 0.15) is 5.37 Å². The van der Waals surface area contributed by atoms with Gasteiger partial charge in [-0.15, -0.1) is 11.3 Å². The Balaban J connectivity index is 1.46. The molecule has 32 heavy (non-hydrogen) atoms. The van der Waals surface area contributed by atoms with Crippen molar-refractivity contribution in [1.29, 1.82) is 0 Å². The van der Waals surface area contributed by atoms with E-state index in [0.29, 0.717) is 0 Å². The zero-order chi connectivity index (χ0) is 23.3. The highest BCUT2D eigenvalue weighted by Gasteiger charge is 2.57. The maximum Gasteiger partial charge on any atom is 0.236 e. The van der Waals surface area contributed by atoms with Crippen molar-refractivity contribution >= 4 is 49.1 Å². The van der Waals surface area contributed by atoms with Gasteiger partial charge in [-0.25, -0.2) is 4.98 Å². The molecule has 3 atom stereocenters. The molecule has 172 valence electrons. The van der Waals surface area contributed by atoms with Gasteiger partial charge in [-0.05, 0) is 31.5 Å². The van der Waals surface area contributed by atoms with E-state index in [4.69, 9.17) is 9.41 Å². The van der Waals surface area contributed by atoms with E-state index >= 15 is 0 Å². The Morgan fingerprint density at radius 3 is 2.56 bits per heavy atom. The molecule has 1 fully saturated rings. The van der Waals surface area contributed by atoms with Crippen molar-refractivity contribution < 1.29 is 9.22 Å². The number of fused-ring (bicyclic) bond motifs is 1. The van der Waals surface area contributed by atoms with Crippen LogP contribution in [-0.4, -0.2) is 35.6 Å². The van der Waals surface area contributed by atoms with Crippen molar-refractivity contribution in [3.05, 3.63) is 45.6 Å². The van der Waals surface area contributed by atoms with Crippen molar-refractivity contribution in [2.45, 2.75) is 75.0 Å². The number of carbonyl (C=O) groups excluding carboxylic acids is 1. The average molecular weight is 505 g/mol. The fourth-order valence-corrected chi connectivity index (χ4v) is 9.08. The number of nitrogens with zero attached hydrogens (tertiary/aromatic N) is 2. The van der Waals surface area contributed by atoms with Crippen LogP contribution in [0.3, 0.4) is 0 Å². The van der Waals surface area contributed by atoms with Crippen LogP contribution < -0.4 is 0 Å². The van der Waals surface area contributed by atoms with Crippen LogP contribution in [0.5, 0.6) is 0 Å². The van der Waals surface area contributed by atoms with E-state index in [0.717, 1.165) is 27.7 Å². The highest BCUT2D eigenvalue weighted by molar-refractivity contribution is 8.23. The van der Waals surface area contributed by atoms with E-state index in [-0.39, 0.29) is 28.3 Å². The predicted octanol–water partition coefficient (Wildman–Crippen LogP) is 7.42. The zero-order valence-corrected chi connectivity index (χ0v) is 23.3. The summed E-state index contributed by atoms with van der Waals surface area (Å²) in [5, 5.41) is 2.39. The first-order valence-corrected chi connectivity index (χ1v) is 16.6. The number of carbonyl (C=O) groups is 1. The number of β-lactam (4-membered cyclic amide) rings is 1. The number of hydrogen-bond acceptors (Lipinski definition) is 6. The van der Waals surface area contributed by atoms with Crippen molar-refractivity contribution in [2.24, 2.45) is 5.92 Å². The average Bonchev–Trinajstić information content (AvgIpc) is 3.30. The largest absolute Gasteiger partial charge is 0.413 e. The summed E-state index contributed by atoms with van der Waals surface area (Å²) < 4.78 is 8.92. The van der Waals surface area contributed by atoms with Gasteiger partial charge in [0.2, 0.25) is 5.91 Å². The zero-order valence-electron chi connectivity index (χ0n) is 19.8. The van der Waals surface area contributed by atoms with Crippen LogP contribution >= 0.6 is 34.9 Å². The molecule has 1 aromatic carbocycles. The summed E-state index contributed by atoms with van der Waals surface area (Å²) in [5.41, 5.74) is 3.20. The maximum absolute atomic E-state index is 13.2. The molecule has 1 aromatic heterocycles. The summed E-state index contributed by atoms with van der Waals surface area (Å²) in [6.07, 6.45) is 0.848. The van der Waals surface area contributed by atoms with Crippen LogP contribution in [0.25, 0.3) is 11.3 Å². The van der Waals surface area contributed by atoms with Crippen molar-refractivity contribution in [3.8, 4) is 11.3 Å². The number of thiazole rings is 1. The minimum Gasteiger partial charge on any atom is -0.413 e. The molecule has 0 saturated carbocycles. The molecule has 0 spiro atoms. The molecule has 1 saturated heterocycles. The van der Waals surface area contributed by atoms with Crippen LogP contribution in [0.1, 0.15) is 41.0 Å². The second-order valence-corrected chi connectivity index (χ2v) is 18.2. The van der Waals surface area contributed by atoms with Gasteiger partial charge in [-0.3, -0.25) is 4.79 Å². The van der Waals surface area contributed by atoms with Gasteiger partial charge in [0.05, 0.1) is 22.0 Å². The lowest BCUT2D eigenvalue weighted by Gasteiger charge is -2.49. The third kappa shape index (κ3) is 4.36. The molecule has 0 N–H and O–H groups in total. The van der Waals surface area contributed by atoms with Crippen LogP contribution in [0.2, 0.25) is 18.1 Å². The topological polar surface area (TPSA) is 42.4 Å². The predicted molar refractivity (Wildman–Crippen MR) is 140 cm³/mol. The quantitative estimate of drug-likeness (QED) is 0.290. The van der Waals surface area contributed by atoms with Gasteiger partial charge in [0.25, 0.3) is 0 Å². The first-order valence-electron chi connectivity index (χ1n) is 11.1. The Labute approximate surface area is 205 Å². The standard InChI is InChI=1S/C24H32N2O2S3Si/c1-8-18(28-32(6,7)24(3,4)5)19-20(27)26-15(2)22(30-21(19)26)31-23-25-17(14-29-23)16-12-10-9-11-13-16/h9-14,18-19,21H,8H2,1-7H3/t18-,19+,21+/m0/s1. The van der Waals surface area contributed by atoms with E-state index in [1.165, 1.54) is 4.24 Å². The lowest BCUT2D eigenvalue weighted by molar-refractivity contribution is -0.152. The Hall–Kier alpha value is -1.06. The summed E-state index contributed by atoms with van der Waals surface area (Å²) in [4.78, 5) is 20.0. The van der Waals surface area contributed by atoms with Gasteiger partial charge in [-0.2, -0.15) is 0 Å². The molecule has 4 rings (SSSR count). The molecule has 0 bridgehead atoms. The number of allylic oxidation sites excluding steroid dienone is 1. The summed E-state index contributed by atoms with van der Waals surface area (Å²) in [5.74, 6) is 0.147. The summed E-state index contributed by atoms with van der Waals surface area (Å²) in [6, 6.07) is 10.3. The van der Waals surface area contributed by atoms with Gasteiger partial charge in [0.15, 0.2) is 12.7 Å². The van der Waals surface area contributed by atoms with E-state index in [9.17, 15) is 4.79 Å². The highest BCUT2D eigenvalue weighted by atomic mass is 32.2. The summed E-state index contributed by atoms with van der Waals surface area (Å²) >= 11 is 5.16. The molecule has 0 aliphatic carbocycles. The van der Waals surface area contributed by atoms with E-state index in [1.54, 1.807) is 23.1 Å². The molecule has 2 aliphatic heterocycles. The second kappa shape index (κ2) is 8.95. The monoisotopic (exact) mass is 504 g/mol. The Kier molecular flexibility index (Phi) is 6.73. The van der Waals surface area contributed by atoms with Gasteiger partial charge in [0, 0.05) is 16.6 Å². The fraction of sp³-hybridized carbons (Fsp3) is 0.500. The highest BCUT2D eigenvalue weighted by Crippen LogP contribution is 2.56. The van der Waals surface area contributed by atoms with Gasteiger partial charge < -0.3 is 9.33 Å². The van der Waals surface area contributed by atoms with Crippen molar-refractivity contribution in [1.82, 2.24) is 9.88 Å². The Bertz CT molecular complexity index is 1030. The molecular weight excluding hydrogens is 473 g/mol. The SMILES string of the molecule is CC[C@H](O[Si](C)(C)C(C)(C)C)[C@@H]1C(=O)N2C(C)=C(Sc3nc(-c4ccccc4)cs3)S[C@H]12. The minimum atomic E-state index is -1.94. The third-order valence-electron chi connectivity index (χ3n) is 6.76. The lowest BCUT2D eigenvalue weighted by atomic mass is 9.90. The van der Waals surface area contributed by atoms with E-state index in [2.05, 4.69) is 65.2 Å². The van der Waals surface area contributed by atoms with Crippen molar-refractivity contribution in [2.75, 3.05) is 0 Å². The first kappa shape index (κ1) is 24.1. The van der Waals surface area contributed by atoms with Gasteiger partial charge >= 0.3 is 0 Å². The van der Waals surface area contributed by atoms with E-state index < -0.39 is 8.32 Å². The van der Waals surface area contributed by atoms with Crippen LogP contribution in [-0.2, 0) is 9.22 Å². The smallest absolute Gasteiger partial charge is 0.236 e. The lowest BCUT2D eigenvalue weighted by Crippen LogP contribution is -2.62. The molecule has 0 unspecified atom stereocenters. The fourth-order valence-electron chi connectivity index (χ4n) is 3.79. The number of thioether (sulfide) groups is 2. The molecule has 0 radical (unpaired) electrons. The number of hydrogen-bond donors (Lipinski definition) is 0. The summed E-state index contributed by atoms with van der Waals surface area (Å²) in [6.45, 7) is 15.5. The molecule has 2 aliphatic rings. The molecule has 1 amide bonds. The molecule has 2 aromatic rings. The first-order chi connectivity index (χ1) is 15.0. The third-order valence-corrected chi connectivity index (χ3v) is 15.0. The minimum absolute atomic E-state index is 0.0150. The Morgan fingerprint density at radius 2 is 1.94 bits per heavy atom. The number of amides is 1. The Morgan fingerprint density at radius 1 is 1.25 bits per heavy atom. The molecule has 4 nitrogen and oxygen atoms in total. The number of benzene rings is 1. The second-order valence-electron chi connectivity index (χ2n) is 9.91. The van der Waals surface area contributed by atoms with Gasteiger partial charge in [-0.1, -0.05) is 81.6 Å².